The zero-order chi connectivity index (χ0) is 7.44. The molecule has 52 valence electrons. The number of nitrogens with two attached hydrogens (primary N) is 1. The third-order valence-corrected chi connectivity index (χ3v) is 0.697. The quantitative estimate of drug-likeness (QED) is 0.491. The van der Waals surface area contributed by atoms with Gasteiger partial charge in [0.2, 0.25) is 0 Å². The molecule has 0 amide bonds. The van der Waals surface area contributed by atoms with Crippen LogP contribution in [0.4, 0.5) is 0 Å². The third-order valence-electron chi connectivity index (χ3n) is 0.697. The van der Waals surface area contributed by atoms with Gasteiger partial charge in [-0.05, 0) is 0 Å². The number of carboxylic acids is 2. The first-order chi connectivity index (χ1) is 4.04. The second-order valence-electron chi connectivity index (χ2n) is 1.52. The monoisotopic (exact) mass is 217 g/mol. The number of aliphatic carboxylic acids is 2. The summed E-state index contributed by atoms with van der Waals surface area (Å²) in [7, 11) is 0. The molecular formula is C4H6NO4Rb. The summed E-state index contributed by atoms with van der Waals surface area (Å²) in [6.07, 6.45) is -0.595. The van der Waals surface area contributed by atoms with Crippen LogP contribution in [0.15, 0.2) is 0 Å². The average molecular weight is 218 g/mol. The van der Waals surface area contributed by atoms with Crippen LogP contribution in [0.3, 0.4) is 0 Å². The molecule has 0 aromatic carbocycles. The minimum absolute atomic E-state index is 0. The van der Waals surface area contributed by atoms with Crippen LogP contribution in [0.5, 0.6) is 0 Å². The molecule has 0 saturated carbocycles. The molecule has 1 atom stereocenters. The van der Waals surface area contributed by atoms with Crippen LogP contribution in [-0.2, 0) is 9.59 Å². The largest absolute Gasteiger partial charge is 1.00 e. The maximum absolute atomic E-state index is 9.74. The van der Waals surface area contributed by atoms with Gasteiger partial charge in [0.15, 0.2) is 0 Å². The van der Waals surface area contributed by atoms with Crippen molar-refractivity contribution in [3.05, 3.63) is 0 Å². The molecule has 0 aromatic heterocycles. The molecule has 0 aliphatic heterocycles. The number of carbonyl (C=O) groups is 2. The second kappa shape index (κ2) is 6.42. The Bertz CT molecular complexity index is 137. The molecule has 0 rings (SSSR count). The van der Waals surface area contributed by atoms with Gasteiger partial charge < -0.3 is 20.7 Å². The van der Waals surface area contributed by atoms with Crippen LogP contribution in [0, 0.1) is 0 Å². The molecule has 3 N–H and O–H groups in total. The Kier molecular flexibility index (Phi) is 8.54. The van der Waals surface area contributed by atoms with Crippen molar-refractivity contribution in [1.82, 2.24) is 0 Å². The van der Waals surface area contributed by atoms with E-state index in [0.717, 1.165) is 0 Å². The van der Waals surface area contributed by atoms with Crippen molar-refractivity contribution < 1.29 is 78.0 Å². The van der Waals surface area contributed by atoms with Gasteiger partial charge in [0, 0.05) is 0 Å². The standard InChI is InChI=1S/C4H7NO4.Rb/c5-2(4(8)9)1-3(6)7;/h2H,1,5H2,(H,6,7)(H,8,9);/q;+1/p-1/t2-;/m0./s1. The predicted octanol–water partition coefficient (Wildman–Crippen LogP) is -5.46. The predicted molar refractivity (Wildman–Crippen MR) is 25.2 cm³/mol. The zero-order valence-corrected chi connectivity index (χ0v) is 10.4. The van der Waals surface area contributed by atoms with Crippen molar-refractivity contribution in [1.29, 1.82) is 0 Å². The summed E-state index contributed by atoms with van der Waals surface area (Å²) in [5, 5.41) is 17.7. The van der Waals surface area contributed by atoms with E-state index in [2.05, 4.69) is 0 Å². The van der Waals surface area contributed by atoms with E-state index < -0.39 is 24.4 Å². The summed E-state index contributed by atoms with van der Waals surface area (Å²) in [4.78, 5) is 19.5. The summed E-state index contributed by atoms with van der Waals surface area (Å²) in [6, 6.07) is -1.40. The summed E-state index contributed by atoms with van der Waals surface area (Å²) < 4.78 is 0. The Morgan fingerprint density at radius 1 is 1.60 bits per heavy atom. The molecule has 0 saturated heterocycles. The summed E-state index contributed by atoms with van der Waals surface area (Å²) in [5.41, 5.74) is 4.77. The van der Waals surface area contributed by atoms with E-state index in [0.29, 0.717) is 0 Å². The van der Waals surface area contributed by atoms with Crippen LogP contribution in [0.1, 0.15) is 6.42 Å². The number of rotatable bonds is 3. The summed E-state index contributed by atoms with van der Waals surface area (Å²) in [6.45, 7) is 0. The first kappa shape index (κ1) is 13.3. The van der Waals surface area contributed by atoms with E-state index in [1.165, 1.54) is 0 Å². The van der Waals surface area contributed by atoms with E-state index in [9.17, 15) is 14.7 Å². The molecule has 0 radical (unpaired) electrons. The minimum Gasteiger partial charge on any atom is -0.548 e. The number of hydrogen-bond donors (Lipinski definition) is 2. The molecule has 0 spiro atoms. The van der Waals surface area contributed by atoms with Crippen molar-refractivity contribution >= 4 is 11.9 Å². The Hall–Kier alpha value is 0.705. The number of carbonyl (C=O) groups excluding carboxylic acids is 1. The third kappa shape index (κ3) is 6.82. The van der Waals surface area contributed by atoms with Crippen molar-refractivity contribution in [2.24, 2.45) is 5.73 Å². The first-order valence-electron chi connectivity index (χ1n) is 2.22. The molecule has 0 heterocycles. The Morgan fingerprint density at radius 2 is 2.00 bits per heavy atom. The summed E-state index contributed by atoms with van der Waals surface area (Å²) in [5.74, 6) is -2.79. The fraction of sp³-hybridized carbons (Fsp3) is 0.500. The average Bonchev–Trinajstić information content (AvgIpc) is 1.63. The van der Waals surface area contributed by atoms with E-state index in [1.807, 2.05) is 0 Å². The Balaban J connectivity index is 0. The second-order valence-corrected chi connectivity index (χ2v) is 1.52. The van der Waals surface area contributed by atoms with Gasteiger partial charge in [0.1, 0.15) is 0 Å². The molecule has 6 heteroatoms. The van der Waals surface area contributed by atoms with Gasteiger partial charge in [-0.2, -0.15) is 0 Å². The van der Waals surface area contributed by atoms with Crippen LogP contribution < -0.4 is 69.0 Å². The fourth-order valence-corrected chi connectivity index (χ4v) is 0.271. The van der Waals surface area contributed by atoms with Crippen LogP contribution in [0.2, 0.25) is 0 Å². The molecule has 0 aliphatic carbocycles. The van der Waals surface area contributed by atoms with Gasteiger partial charge in [0.05, 0.1) is 18.4 Å². The van der Waals surface area contributed by atoms with Crippen molar-refractivity contribution in [3.8, 4) is 0 Å². The van der Waals surface area contributed by atoms with Crippen LogP contribution in [0.25, 0.3) is 0 Å². The SMILES string of the molecule is N[C@@H](CC(=O)O)C(=O)[O-].[Rb+]. The van der Waals surface area contributed by atoms with Crippen molar-refractivity contribution in [2.75, 3.05) is 0 Å². The normalized spacial score (nSPS) is 11.3. The van der Waals surface area contributed by atoms with Gasteiger partial charge in [-0.3, -0.25) is 4.79 Å². The van der Waals surface area contributed by atoms with Gasteiger partial charge in [-0.25, -0.2) is 0 Å². The minimum atomic E-state index is -1.54. The molecule has 0 bridgehead atoms. The molecule has 10 heavy (non-hydrogen) atoms. The van der Waals surface area contributed by atoms with Crippen molar-refractivity contribution in [3.63, 3.8) is 0 Å². The molecule has 0 aliphatic rings. The molecular weight excluding hydrogens is 212 g/mol. The maximum atomic E-state index is 9.74. The van der Waals surface area contributed by atoms with Crippen LogP contribution >= 0.6 is 0 Å². The zero-order valence-electron chi connectivity index (χ0n) is 5.53. The van der Waals surface area contributed by atoms with Gasteiger partial charge in [-0.15, -0.1) is 0 Å². The van der Waals surface area contributed by atoms with E-state index in [1.54, 1.807) is 0 Å². The Labute approximate surface area is 106 Å². The summed E-state index contributed by atoms with van der Waals surface area (Å²) >= 11 is 0. The topological polar surface area (TPSA) is 103 Å². The van der Waals surface area contributed by atoms with Crippen molar-refractivity contribution in [2.45, 2.75) is 12.5 Å². The molecule has 0 fully saturated rings. The Morgan fingerprint density at radius 3 is 2.10 bits per heavy atom. The van der Waals surface area contributed by atoms with Gasteiger partial charge >= 0.3 is 64.2 Å². The first-order valence-corrected chi connectivity index (χ1v) is 2.22. The van der Waals surface area contributed by atoms with Crippen LogP contribution in [-0.4, -0.2) is 23.1 Å². The van der Waals surface area contributed by atoms with Gasteiger partial charge in [0.25, 0.3) is 0 Å². The number of carboxylic acid groups (broad SMARTS) is 2. The molecule has 5 nitrogen and oxygen atoms in total. The van der Waals surface area contributed by atoms with E-state index in [-0.39, 0.29) is 58.2 Å². The smallest absolute Gasteiger partial charge is 0.548 e. The van der Waals surface area contributed by atoms with Gasteiger partial charge in [-0.1, -0.05) is 0 Å². The van der Waals surface area contributed by atoms with E-state index >= 15 is 0 Å². The number of hydrogen-bond acceptors (Lipinski definition) is 4. The molecule has 0 unspecified atom stereocenters. The molecule has 0 aromatic rings. The maximum Gasteiger partial charge on any atom is 1.00 e. The fourth-order valence-electron chi connectivity index (χ4n) is 0.271. The van der Waals surface area contributed by atoms with E-state index in [4.69, 9.17) is 10.8 Å².